The van der Waals surface area contributed by atoms with Gasteiger partial charge in [-0.25, -0.2) is 0 Å². The standard InChI is InChI=1S/C22H26N4O2/c23-20-13-19(14-24-15-20)16-3-5-17(6-4-16)21(27)26-11-7-18(8-12-26)22(28)25-9-1-2-10-25/h3-6,13-15,18H,1-2,7-12,23H2. The van der Waals surface area contributed by atoms with Crippen LogP contribution < -0.4 is 5.73 Å². The summed E-state index contributed by atoms with van der Waals surface area (Å²) in [6.45, 7) is 3.08. The Hall–Kier alpha value is -2.89. The summed E-state index contributed by atoms with van der Waals surface area (Å²) < 4.78 is 0. The topological polar surface area (TPSA) is 79.5 Å². The first-order valence-corrected chi connectivity index (χ1v) is 10.0. The Kier molecular flexibility index (Phi) is 5.28. The van der Waals surface area contributed by atoms with E-state index < -0.39 is 0 Å². The van der Waals surface area contributed by atoms with Gasteiger partial charge in [0.25, 0.3) is 5.91 Å². The number of amides is 2. The fourth-order valence-corrected chi connectivity index (χ4v) is 4.13. The van der Waals surface area contributed by atoms with E-state index in [0.29, 0.717) is 24.3 Å². The predicted molar refractivity (Wildman–Crippen MR) is 109 cm³/mol. The summed E-state index contributed by atoms with van der Waals surface area (Å²) in [6, 6.07) is 9.41. The van der Waals surface area contributed by atoms with Gasteiger partial charge in [-0.1, -0.05) is 12.1 Å². The SMILES string of the molecule is Nc1cncc(-c2ccc(C(=O)N3CCC(C(=O)N4CCCC4)CC3)cc2)c1. The number of hydrogen-bond donors (Lipinski definition) is 1. The molecule has 146 valence electrons. The number of carbonyl (C=O) groups excluding carboxylic acids is 2. The summed E-state index contributed by atoms with van der Waals surface area (Å²) in [7, 11) is 0. The summed E-state index contributed by atoms with van der Waals surface area (Å²) in [5, 5.41) is 0. The van der Waals surface area contributed by atoms with Crippen molar-refractivity contribution in [3.8, 4) is 11.1 Å². The minimum absolute atomic E-state index is 0.0318. The molecule has 0 spiro atoms. The number of carbonyl (C=O) groups is 2. The molecule has 28 heavy (non-hydrogen) atoms. The van der Waals surface area contributed by atoms with Crippen LogP contribution in [-0.4, -0.2) is 52.8 Å². The molecule has 0 radical (unpaired) electrons. The zero-order chi connectivity index (χ0) is 19.5. The van der Waals surface area contributed by atoms with Crippen molar-refractivity contribution in [3.63, 3.8) is 0 Å². The second-order valence-electron chi connectivity index (χ2n) is 7.68. The zero-order valence-electron chi connectivity index (χ0n) is 16.0. The smallest absolute Gasteiger partial charge is 0.253 e. The maximum absolute atomic E-state index is 12.8. The monoisotopic (exact) mass is 378 g/mol. The van der Waals surface area contributed by atoms with Gasteiger partial charge in [0.05, 0.1) is 5.69 Å². The number of likely N-dealkylation sites (tertiary alicyclic amines) is 2. The molecule has 0 atom stereocenters. The van der Waals surface area contributed by atoms with Crippen molar-refractivity contribution in [3.05, 3.63) is 48.3 Å². The van der Waals surface area contributed by atoms with Crippen molar-refractivity contribution < 1.29 is 9.59 Å². The van der Waals surface area contributed by atoms with Gasteiger partial charge in [-0.15, -0.1) is 0 Å². The number of nitrogen functional groups attached to an aromatic ring is 1. The Bertz CT molecular complexity index is 851. The number of aromatic nitrogens is 1. The van der Waals surface area contributed by atoms with Crippen LogP contribution in [0.4, 0.5) is 5.69 Å². The lowest BCUT2D eigenvalue weighted by atomic mass is 9.94. The molecule has 2 aliphatic rings. The molecule has 2 N–H and O–H groups in total. The highest BCUT2D eigenvalue weighted by Gasteiger charge is 2.31. The van der Waals surface area contributed by atoms with Crippen LogP contribution in [0.3, 0.4) is 0 Å². The van der Waals surface area contributed by atoms with Gasteiger partial charge in [0, 0.05) is 55.6 Å². The molecule has 2 aromatic rings. The Morgan fingerprint density at radius 3 is 2.21 bits per heavy atom. The van der Waals surface area contributed by atoms with Gasteiger partial charge in [0.2, 0.25) is 5.91 Å². The Morgan fingerprint density at radius 1 is 0.893 bits per heavy atom. The highest BCUT2D eigenvalue weighted by atomic mass is 16.2. The quantitative estimate of drug-likeness (QED) is 0.891. The van der Waals surface area contributed by atoms with Crippen LogP contribution in [0.5, 0.6) is 0 Å². The van der Waals surface area contributed by atoms with Crippen LogP contribution in [-0.2, 0) is 4.79 Å². The van der Waals surface area contributed by atoms with Crippen LogP contribution in [0.25, 0.3) is 11.1 Å². The van der Waals surface area contributed by atoms with Gasteiger partial charge >= 0.3 is 0 Å². The van der Waals surface area contributed by atoms with E-state index in [0.717, 1.165) is 49.9 Å². The van der Waals surface area contributed by atoms with Crippen LogP contribution in [0.1, 0.15) is 36.0 Å². The molecule has 2 amide bonds. The third-order valence-corrected chi connectivity index (χ3v) is 5.77. The average Bonchev–Trinajstić information content (AvgIpc) is 3.28. The molecule has 2 aliphatic heterocycles. The summed E-state index contributed by atoms with van der Waals surface area (Å²) in [5.41, 5.74) is 8.99. The Morgan fingerprint density at radius 2 is 1.57 bits per heavy atom. The highest BCUT2D eigenvalue weighted by Crippen LogP contribution is 2.25. The number of benzene rings is 1. The molecule has 3 heterocycles. The molecule has 0 unspecified atom stereocenters. The molecule has 0 saturated carbocycles. The van der Waals surface area contributed by atoms with Crippen molar-refractivity contribution in [2.45, 2.75) is 25.7 Å². The van der Waals surface area contributed by atoms with Gasteiger partial charge in [-0.3, -0.25) is 14.6 Å². The van der Waals surface area contributed by atoms with Gasteiger partial charge in [-0.05, 0) is 49.4 Å². The predicted octanol–water partition coefficient (Wildman–Crippen LogP) is 2.81. The number of anilines is 1. The second kappa shape index (κ2) is 8.00. The largest absolute Gasteiger partial charge is 0.397 e. The third kappa shape index (κ3) is 3.86. The molecule has 0 bridgehead atoms. The van der Waals surface area contributed by atoms with Crippen LogP contribution in [0.2, 0.25) is 0 Å². The van der Waals surface area contributed by atoms with Crippen molar-refractivity contribution >= 4 is 17.5 Å². The summed E-state index contributed by atoms with van der Waals surface area (Å²) in [6.07, 6.45) is 7.12. The molecule has 6 heteroatoms. The maximum atomic E-state index is 12.8. The number of hydrogen-bond acceptors (Lipinski definition) is 4. The van der Waals surface area contributed by atoms with Crippen molar-refractivity contribution in [1.82, 2.24) is 14.8 Å². The number of nitrogens with two attached hydrogens (primary N) is 1. The van der Waals surface area contributed by atoms with E-state index in [1.807, 2.05) is 40.1 Å². The van der Waals surface area contributed by atoms with Crippen LogP contribution >= 0.6 is 0 Å². The molecule has 4 rings (SSSR count). The van der Waals surface area contributed by atoms with E-state index in [-0.39, 0.29) is 17.7 Å². The van der Waals surface area contributed by atoms with Gasteiger partial charge < -0.3 is 15.5 Å². The average molecular weight is 378 g/mol. The van der Waals surface area contributed by atoms with Gasteiger partial charge in [0.1, 0.15) is 0 Å². The fourth-order valence-electron chi connectivity index (χ4n) is 4.13. The van der Waals surface area contributed by atoms with E-state index in [1.54, 1.807) is 12.4 Å². The zero-order valence-corrected chi connectivity index (χ0v) is 16.0. The number of pyridine rings is 1. The summed E-state index contributed by atoms with van der Waals surface area (Å²) >= 11 is 0. The highest BCUT2D eigenvalue weighted by molar-refractivity contribution is 5.95. The molecule has 6 nitrogen and oxygen atoms in total. The lowest BCUT2D eigenvalue weighted by Crippen LogP contribution is -2.43. The lowest BCUT2D eigenvalue weighted by molar-refractivity contribution is -0.135. The molecule has 1 aromatic carbocycles. The fraction of sp³-hybridized carbons (Fsp3) is 0.409. The molecule has 0 aliphatic carbocycles. The molecular formula is C22H26N4O2. The Balaban J connectivity index is 1.36. The first-order chi connectivity index (χ1) is 13.6. The minimum Gasteiger partial charge on any atom is -0.397 e. The normalized spacial score (nSPS) is 17.7. The first-order valence-electron chi connectivity index (χ1n) is 10.0. The number of piperidine rings is 1. The summed E-state index contributed by atoms with van der Waals surface area (Å²) in [5.74, 6) is 0.384. The van der Waals surface area contributed by atoms with E-state index >= 15 is 0 Å². The van der Waals surface area contributed by atoms with E-state index in [1.165, 1.54) is 0 Å². The van der Waals surface area contributed by atoms with Crippen molar-refractivity contribution in [2.75, 3.05) is 31.9 Å². The molecular weight excluding hydrogens is 352 g/mol. The number of rotatable bonds is 3. The van der Waals surface area contributed by atoms with Crippen LogP contribution in [0, 0.1) is 5.92 Å². The van der Waals surface area contributed by atoms with E-state index in [2.05, 4.69) is 4.98 Å². The molecule has 2 fully saturated rings. The third-order valence-electron chi connectivity index (χ3n) is 5.77. The van der Waals surface area contributed by atoms with Crippen molar-refractivity contribution in [2.24, 2.45) is 5.92 Å². The van der Waals surface area contributed by atoms with Gasteiger partial charge in [0.15, 0.2) is 0 Å². The number of nitrogens with zero attached hydrogens (tertiary/aromatic N) is 3. The Labute approximate surface area is 165 Å². The molecule has 2 saturated heterocycles. The first kappa shape index (κ1) is 18.5. The van der Waals surface area contributed by atoms with Gasteiger partial charge in [-0.2, -0.15) is 0 Å². The van der Waals surface area contributed by atoms with Crippen molar-refractivity contribution in [1.29, 1.82) is 0 Å². The second-order valence-corrected chi connectivity index (χ2v) is 7.68. The van der Waals surface area contributed by atoms with Crippen LogP contribution in [0.15, 0.2) is 42.7 Å². The van der Waals surface area contributed by atoms with E-state index in [9.17, 15) is 9.59 Å². The summed E-state index contributed by atoms with van der Waals surface area (Å²) in [4.78, 5) is 33.4. The van der Waals surface area contributed by atoms with E-state index in [4.69, 9.17) is 5.73 Å². The lowest BCUT2D eigenvalue weighted by Gasteiger charge is -2.33. The maximum Gasteiger partial charge on any atom is 0.253 e. The molecule has 1 aromatic heterocycles. The minimum atomic E-state index is 0.0318.